The highest BCUT2D eigenvalue weighted by atomic mass is 16.5. The second-order valence-corrected chi connectivity index (χ2v) is 5.68. The Kier molecular flexibility index (Phi) is 2.94. The van der Waals surface area contributed by atoms with Crippen LogP contribution in [-0.2, 0) is 0 Å². The Balaban J connectivity index is 1.91. The average Bonchev–Trinajstić information content (AvgIpc) is 2.61. The molecule has 2 aliphatic rings. The Morgan fingerprint density at radius 3 is 2.44 bits per heavy atom. The first kappa shape index (κ1) is 11.8. The summed E-state index contributed by atoms with van der Waals surface area (Å²) in [6.07, 6.45) is 4.87. The van der Waals surface area contributed by atoms with E-state index >= 15 is 0 Å². The third-order valence-corrected chi connectivity index (χ3v) is 4.45. The number of benzene rings is 1. The average molecular weight is 246 g/mol. The molecule has 2 bridgehead atoms. The quantitative estimate of drug-likeness (QED) is 0.871. The van der Waals surface area contributed by atoms with Crippen molar-refractivity contribution < 1.29 is 4.74 Å². The van der Waals surface area contributed by atoms with Gasteiger partial charge in [0.1, 0.15) is 5.75 Å². The highest BCUT2D eigenvalue weighted by molar-refractivity contribution is 5.58. The zero-order valence-corrected chi connectivity index (χ0v) is 11.2. The lowest BCUT2D eigenvalue weighted by atomic mass is 9.96. The van der Waals surface area contributed by atoms with E-state index in [1.54, 1.807) is 7.11 Å². The molecule has 2 unspecified atom stereocenters. The van der Waals surface area contributed by atoms with Gasteiger partial charge in [-0.05, 0) is 56.4 Å². The molecule has 98 valence electrons. The molecule has 2 aliphatic heterocycles. The fourth-order valence-corrected chi connectivity index (χ4v) is 3.66. The molecular weight excluding hydrogens is 224 g/mol. The standard InChI is InChI=1S/C15H22N2O/c1-10-7-14(18-2)5-6-15(10)17-12-3-4-13(17)9-11(16)8-12/h5-7,11-13H,3-4,8-9,16H2,1-2H3. The maximum Gasteiger partial charge on any atom is 0.119 e. The second kappa shape index (κ2) is 4.47. The van der Waals surface area contributed by atoms with E-state index in [0.717, 1.165) is 18.6 Å². The number of piperidine rings is 1. The summed E-state index contributed by atoms with van der Waals surface area (Å²) in [6, 6.07) is 8.09. The van der Waals surface area contributed by atoms with E-state index in [9.17, 15) is 0 Å². The zero-order chi connectivity index (χ0) is 12.7. The van der Waals surface area contributed by atoms with E-state index in [4.69, 9.17) is 10.5 Å². The Bertz CT molecular complexity index is 432. The van der Waals surface area contributed by atoms with Crippen molar-refractivity contribution in [2.24, 2.45) is 5.73 Å². The normalized spacial score (nSPS) is 30.6. The Morgan fingerprint density at radius 2 is 1.89 bits per heavy atom. The summed E-state index contributed by atoms with van der Waals surface area (Å²) in [5.74, 6) is 0.942. The van der Waals surface area contributed by atoms with Gasteiger partial charge in [0.15, 0.2) is 0 Å². The van der Waals surface area contributed by atoms with Crippen molar-refractivity contribution >= 4 is 5.69 Å². The second-order valence-electron chi connectivity index (χ2n) is 5.68. The van der Waals surface area contributed by atoms with Crippen molar-refractivity contribution in [3.05, 3.63) is 23.8 Å². The van der Waals surface area contributed by atoms with E-state index in [1.807, 2.05) is 0 Å². The molecule has 18 heavy (non-hydrogen) atoms. The maximum atomic E-state index is 6.13. The summed E-state index contributed by atoms with van der Waals surface area (Å²) in [5.41, 5.74) is 8.81. The lowest BCUT2D eigenvalue weighted by Crippen LogP contribution is -2.47. The predicted octanol–water partition coefficient (Wildman–Crippen LogP) is 2.46. The fraction of sp³-hybridized carbons (Fsp3) is 0.600. The maximum absolute atomic E-state index is 6.13. The first-order valence-electron chi connectivity index (χ1n) is 6.87. The highest BCUT2D eigenvalue weighted by Crippen LogP contribution is 2.40. The number of nitrogens with two attached hydrogens (primary N) is 1. The van der Waals surface area contributed by atoms with Gasteiger partial charge in [-0.3, -0.25) is 0 Å². The van der Waals surface area contributed by atoms with Gasteiger partial charge in [-0.2, -0.15) is 0 Å². The summed E-state index contributed by atoms with van der Waals surface area (Å²) in [7, 11) is 1.72. The van der Waals surface area contributed by atoms with Gasteiger partial charge in [0.2, 0.25) is 0 Å². The van der Waals surface area contributed by atoms with Gasteiger partial charge in [-0.25, -0.2) is 0 Å². The van der Waals surface area contributed by atoms with Crippen molar-refractivity contribution in [2.75, 3.05) is 12.0 Å². The van der Waals surface area contributed by atoms with E-state index in [2.05, 4.69) is 30.0 Å². The Labute approximate surface area is 109 Å². The largest absolute Gasteiger partial charge is 0.497 e. The number of rotatable bonds is 2. The highest BCUT2D eigenvalue weighted by Gasteiger charge is 2.39. The molecular formula is C15H22N2O. The van der Waals surface area contributed by atoms with Crippen LogP contribution in [0.2, 0.25) is 0 Å². The van der Waals surface area contributed by atoms with E-state index in [1.165, 1.54) is 24.1 Å². The number of fused-ring (bicyclic) bond motifs is 2. The SMILES string of the molecule is COc1ccc(N2C3CCC2CC(N)C3)c(C)c1. The topological polar surface area (TPSA) is 38.5 Å². The number of nitrogens with zero attached hydrogens (tertiary/aromatic N) is 1. The molecule has 3 heteroatoms. The van der Waals surface area contributed by atoms with Gasteiger partial charge in [0.05, 0.1) is 7.11 Å². The van der Waals surface area contributed by atoms with Crippen LogP contribution in [-0.4, -0.2) is 25.2 Å². The van der Waals surface area contributed by atoms with Crippen molar-refractivity contribution in [1.29, 1.82) is 0 Å². The molecule has 3 rings (SSSR count). The van der Waals surface area contributed by atoms with Gasteiger partial charge in [-0.15, -0.1) is 0 Å². The van der Waals surface area contributed by atoms with Crippen LogP contribution in [0, 0.1) is 6.92 Å². The van der Waals surface area contributed by atoms with Gasteiger partial charge in [0.25, 0.3) is 0 Å². The molecule has 3 nitrogen and oxygen atoms in total. The number of hydrogen-bond donors (Lipinski definition) is 1. The number of ether oxygens (including phenoxy) is 1. The summed E-state index contributed by atoms with van der Waals surface area (Å²) < 4.78 is 5.29. The van der Waals surface area contributed by atoms with Crippen LogP contribution in [0.3, 0.4) is 0 Å². The van der Waals surface area contributed by atoms with Gasteiger partial charge in [0, 0.05) is 23.8 Å². The molecule has 1 aromatic carbocycles. The molecule has 0 saturated carbocycles. The first-order chi connectivity index (χ1) is 8.69. The third kappa shape index (κ3) is 1.87. The van der Waals surface area contributed by atoms with Crippen molar-refractivity contribution in [1.82, 2.24) is 0 Å². The number of anilines is 1. The minimum atomic E-state index is 0.400. The van der Waals surface area contributed by atoms with Crippen LogP contribution in [0.25, 0.3) is 0 Å². The molecule has 0 aliphatic carbocycles. The van der Waals surface area contributed by atoms with Crippen LogP contribution in [0.4, 0.5) is 5.69 Å². The number of aryl methyl sites for hydroxylation is 1. The van der Waals surface area contributed by atoms with Crippen LogP contribution in [0.1, 0.15) is 31.2 Å². The first-order valence-corrected chi connectivity index (χ1v) is 6.87. The summed E-state index contributed by atoms with van der Waals surface area (Å²) in [4.78, 5) is 2.61. The predicted molar refractivity (Wildman–Crippen MR) is 74.2 cm³/mol. The molecule has 2 heterocycles. The summed E-state index contributed by atoms with van der Waals surface area (Å²) in [6.45, 7) is 2.17. The van der Waals surface area contributed by atoms with Crippen LogP contribution < -0.4 is 15.4 Å². The van der Waals surface area contributed by atoms with Crippen LogP contribution >= 0.6 is 0 Å². The fourth-order valence-electron chi connectivity index (χ4n) is 3.66. The molecule has 1 aromatic rings. The molecule has 0 spiro atoms. The lowest BCUT2D eigenvalue weighted by Gasteiger charge is -2.40. The molecule has 0 radical (unpaired) electrons. The van der Waals surface area contributed by atoms with Gasteiger partial charge in [-0.1, -0.05) is 0 Å². The molecule has 2 saturated heterocycles. The van der Waals surface area contributed by atoms with Gasteiger partial charge >= 0.3 is 0 Å². The van der Waals surface area contributed by atoms with Crippen LogP contribution in [0.5, 0.6) is 5.75 Å². The Morgan fingerprint density at radius 1 is 1.22 bits per heavy atom. The molecule has 0 amide bonds. The van der Waals surface area contributed by atoms with Crippen LogP contribution in [0.15, 0.2) is 18.2 Å². The zero-order valence-electron chi connectivity index (χ0n) is 11.2. The van der Waals surface area contributed by atoms with Crippen molar-refractivity contribution in [3.8, 4) is 5.75 Å². The molecule has 2 N–H and O–H groups in total. The lowest BCUT2D eigenvalue weighted by molar-refractivity contribution is 0.409. The minimum absolute atomic E-state index is 0.400. The Hall–Kier alpha value is -1.22. The monoisotopic (exact) mass is 246 g/mol. The molecule has 2 fully saturated rings. The summed E-state index contributed by atoms with van der Waals surface area (Å²) >= 11 is 0. The van der Waals surface area contributed by atoms with Crippen molar-refractivity contribution in [3.63, 3.8) is 0 Å². The number of hydrogen-bond acceptors (Lipinski definition) is 3. The van der Waals surface area contributed by atoms with Gasteiger partial charge < -0.3 is 15.4 Å². The summed E-state index contributed by atoms with van der Waals surface area (Å²) in [5, 5.41) is 0. The van der Waals surface area contributed by atoms with Crippen molar-refractivity contribution in [2.45, 2.75) is 50.7 Å². The molecule has 0 aromatic heterocycles. The third-order valence-electron chi connectivity index (χ3n) is 4.45. The van der Waals surface area contributed by atoms with E-state index in [0.29, 0.717) is 18.1 Å². The molecule has 2 atom stereocenters. The van der Waals surface area contributed by atoms with E-state index in [-0.39, 0.29) is 0 Å². The number of methoxy groups -OCH3 is 1. The smallest absolute Gasteiger partial charge is 0.119 e. The van der Waals surface area contributed by atoms with E-state index < -0.39 is 0 Å². The minimum Gasteiger partial charge on any atom is -0.497 e.